The van der Waals surface area contributed by atoms with Crippen LogP contribution in [0.3, 0.4) is 0 Å². The van der Waals surface area contributed by atoms with Crippen LogP contribution in [0.1, 0.15) is 59.4 Å². The Kier molecular flexibility index (Phi) is 13.4. The molecule has 1 aromatic rings. The lowest BCUT2D eigenvalue weighted by Crippen LogP contribution is -2.54. The zero-order valence-corrected chi connectivity index (χ0v) is 22.9. The monoisotopic (exact) mass is 523 g/mol. The number of methoxy groups -OCH3 is 1. The molecule has 0 heterocycles. The van der Waals surface area contributed by atoms with Crippen molar-refractivity contribution in [3.8, 4) is 0 Å². The maximum Gasteiger partial charge on any atom is 0.406 e. The van der Waals surface area contributed by atoms with Gasteiger partial charge in [0.2, 0.25) is 11.8 Å². The van der Waals surface area contributed by atoms with Crippen LogP contribution < -0.4 is 16.0 Å². The normalized spacial score (nSPS) is 13.9. The van der Waals surface area contributed by atoms with E-state index in [1.807, 2.05) is 52.8 Å². The van der Waals surface area contributed by atoms with Crippen molar-refractivity contribution in [1.82, 2.24) is 16.0 Å². The average molecular weight is 524 g/mol. The van der Waals surface area contributed by atoms with E-state index in [4.69, 9.17) is 0 Å². The molecule has 2 unspecified atom stereocenters. The van der Waals surface area contributed by atoms with E-state index in [9.17, 15) is 24.3 Å². The Labute approximate surface area is 218 Å². The highest BCUT2D eigenvalue weighted by molar-refractivity contribution is 8.01. The van der Waals surface area contributed by atoms with Crippen LogP contribution in [0, 0.1) is 5.92 Å². The molecule has 0 saturated carbocycles. The number of hydrogen-bond acceptors (Lipinski definition) is 6. The molecule has 0 bridgehead atoms. The number of carboxylic acid groups (broad SMARTS) is 1. The highest BCUT2D eigenvalue weighted by Crippen LogP contribution is 2.31. The summed E-state index contributed by atoms with van der Waals surface area (Å²) in [6.07, 6.45) is 1.01. The van der Waals surface area contributed by atoms with Crippen molar-refractivity contribution in [2.45, 2.75) is 82.4 Å². The van der Waals surface area contributed by atoms with Gasteiger partial charge >= 0.3 is 12.1 Å². The lowest BCUT2D eigenvalue weighted by atomic mass is 10.0. The number of hydrogen-bond donors (Lipinski definition) is 4. The summed E-state index contributed by atoms with van der Waals surface area (Å²) in [5, 5.41) is 17.3. The average Bonchev–Trinajstić information content (AvgIpc) is 2.79. The highest BCUT2D eigenvalue weighted by atomic mass is 32.2. The van der Waals surface area contributed by atoms with Gasteiger partial charge in [-0.1, -0.05) is 65.0 Å². The summed E-state index contributed by atoms with van der Waals surface area (Å²) in [6.45, 7) is 10.2. The summed E-state index contributed by atoms with van der Waals surface area (Å²) >= 11 is 1.49. The van der Waals surface area contributed by atoms with Crippen LogP contribution in [0.2, 0.25) is 0 Å². The summed E-state index contributed by atoms with van der Waals surface area (Å²) in [6, 6.07) is 7.08. The van der Waals surface area contributed by atoms with Crippen molar-refractivity contribution in [1.29, 1.82) is 0 Å². The highest BCUT2D eigenvalue weighted by Gasteiger charge is 2.31. The van der Waals surface area contributed by atoms with Crippen LogP contribution in [0.25, 0.3) is 0 Å². The summed E-state index contributed by atoms with van der Waals surface area (Å²) in [4.78, 5) is 49.5. The quantitative estimate of drug-likeness (QED) is 0.275. The molecule has 3 amide bonds. The Bertz CT molecular complexity index is 857. The van der Waals surface area contributed by atoms with Crippen LogP contribution in [0.15, 0.2) is 30.3 Å². The molecule has 36 heavy (non-hydrogen) atoms. The van der Waals surface area contributed by atoms with Gasteiger partial charge in [0.25, 0.3) is 0 Å². The van der Waals surface area contributed by atoms with Gasteiger partial charge in [0.05, 0.1) is 12.4 Å². The lowest BCUT2D eigenvalue weighted by molar-refractivity contribution is -0.142. The number of ether oxygens (including phenoxy) is 1. The predicted molar refractivity (Wildman–Crippen MR) is 142 cm³/mol. The van der Waals surface area contributed by atoms with Crippen molar-refractivity contribution in [3.63, 3.8) is 0 Å². The Hall–Kier alpha value is -2.75. The Morgan fingerprint density at radius 3 is 2.14 bits per heavy atom. The molecule has 1 aromatic carbocycles. The van der Waals surface area contributed by atoms with Crippen molar-refractivity contribution in [2.24, 2.45) is 5.92 Å². The van der Waals surface area contributed by atoms with E-state index >= 15 is 0 Å². The zero-order chi connectivity index (χ0) is 27.3. The summed E-state index contributed by atoms with van der Waals surface area (Å²) in [5.41, 5.74) is 0.789. The Morgan fingerprint density at radius 1 is 1.00 bits per heavy atom. The lowest BCUT2D eigenvalue weighted by Gasteiger charge is -2.28. The third kappa shape index (κ3) is 12.8. The van der Waals surface area contributed by atoms with Gasteiger partial charge in [0, 0.05) is 17.7 Å². The molecule has 9 nitrogen and oxygen atoms in total. The first-order chi connectivity index (χ1) is 16.8. The molecular weight excluding hydrogens is 482 g/mol. The first kappa shape index (κ1) is 31.3. The van der Waals surface area contributed by atoms with E-state index in [2.05, 4.69) is 20.7 Å². The van der Waals surface area contributed by atoms with Gasteiger partial charge in [0.15, 0.2) is 0 Å². The van der Waals surface area contributed by atoms with Gasteiger partial charge in [-0.3, -0.25) is 9.59 Å². The molecular formula is C26H41N3O6S. The molecule has 202 valence electrons. The van der Waals surface area contributed by atoms with Gasteiger partial charge in [-0.2, -0.15) is 0 Å². The maximum atomic E-state index is 13.3. The molecule has 3 atom stereocenters. The topological polar surface area (TPSA) is 134 Å². The van der Waals surface area contributed by atoms with Crippen molar-refractivity contribution >= 4 is 35.6 Å². The van der Waals surface area contributed by atoms with Gasteiger partial charge < -0.3 is 25.8 Å². The van der Waals surface area contributed by atoms with Crippen LogP contribution >= 0.6 is 11.8 Å². The predicted octanol–water partition coefficient (Wildman–Crippen LogP) is 3.37. The van der Waals surface area contributed by atoms with E-state index in [1.165, 1.54) is 18.9 Å². The number of nitrogens with one attached hydrogen (secondary N) is 3. The standard InChI is InChI=1S/C26H41N3O6S/c1-17(2)15-19(22(30)29-20(24(32)33)16-18-11-8-7-9-12-18)28-23(31)21(36-26(3,4)5)13-10-14-27-25(34)35-6/h7-9,11-12,17,19-21H,10,13-16H2,1-6H3,(H,27,34)(H,28,31)(H,29,30)(H,32,33)/t19?,20-,21?/m0/s1. The molecule has 0 aromatic heterocycles. The number of carboxylic acids is 1. The summed E-state index contributed by atoms with van der Waals surface area (Å²) in [7, 11) is 1.29. The van der Waals surface area contributed by atoms with Gasteiger partial charge in [0.1, 0.15) is 12.1 Å². The van der Waals surface area contributed by atoms with E-state index in [1.54, 1.807) is 12.1 Å². The molecule has 0 fully saturated rings. The number of alkyl carbamates (subject to hydrolysis) is 1. The minimum atomic E-state index is -1.14. The molecule has 0 aliphatic rings. The van der Waals surface area contributed by atoms with Crippen molar-refractivity contribution in [2.75, 3.05) is 13.7 Å². The number of carbonyl (C=O) groups excluding carboxylic acids is 3. The number of aliphatic carboxylic acids is 1. The minimum absolute atomic E-state index is 0.0939. The smallest absolute Gasteiger partial charge is 0.406 e. The van der Waals surface area contributed by atoms with E-state index in [0.29, 0.717) is 25.8 Å². The molecule has 0 aliphatic carbocycles. The minimum Gasteiger partial charge on any atom is -0.480 e. The molecule has 0 saturated heterocycles. The number of rotatable bonds is 14. The maximum absolute atomic E-state index is 13.3. The molecule has 0 spiro atoms. The van der Waals surface area contributed by atoms with Gasteiger partial charge in [-0.05, 0) is 30.7 Å². The molecule has 0 aliphatic heterocycles. The fourth-order valence-corrected chi connectivity index (χ4v) is 4.82. The molecule has 1 rings (SSSR count). The second kappa shape index (κ2) is 15.4. The van der Waals surface area contributed by atoms with Crippen LogP contribution in [0.5, 0.6) is 0 Å². The van der Waals surface area contributed by atoms with Crippen LogP contribution in [-0.4, -0.2) is 64.7 Å². The van der Waals surface area contributed by atoms with E-state index in [-0.39, 0.29) is 23.0 Å². The second-order valence-corrected chi connectivity index (χ2v) is 12.1. The first-order valence-corrected chi connectivity index (χ1v) is 13.1. The van der Waals surface area contributed by atoms with E-state index < -0.39 is 35.3 Å². The zero-order valence-electron chi connectivity index (χ0n) is 22.1. The SMILES string of the molecule is COC(=O)NCCCC(SC(C)(C)C)C(=O)NC(CC(C)C)C(=O)N[C@@H](Cc1ccccc1)C(=O)O. The van der Waals surface area contributed by atoms with Crippen molar-refractivity contribution in [3.05, 3.63) is 35.9 Å². The van der Waals surface area contributed by atoms with Gasteiger partial charge in [-0.15, -0.1) is 11.8 Å². The number of amides is 3. The fourth-order valence-electron chi connectivity index (χ4n) is 3.51. The van der Waals surface area contributed by atoms with Crippen LogP contribution in [0.4, 0.5) is 4.79 Å². The summed E-state index contributed by atoms with van der Waals surface area (Å²) in [5.74, 6) is -1.85. The molecule has 0 radical (unpaired) electrons. The number of carbonyl (C=O) groups is 4. The third-order valence-corrected chi connectivity index (χ3v) is 6.56. The number of benzene rings is 1. The third-order valence-electron chi connectivity index (χ3n) is 5.12. The first-order valence-electron chi connectivity index (χ1n) is 12.2. The van der Waals surface area contributed by atoms with Gasteiger partial charge in [-0.25, -0.2) is 9.59 Å². The Balaban J connectivity index is 2.93. The van der Waals surface area contributed by atoms with Crippen molar-refractivity contribution < 1.29 is 29.0 Å². The number of thioether (sulfide) groups is 1. The molecule has 4 N–H and O–H groups in total. The van der Waals surface area contributed by atoms with Crippen LogP contribution in [-0.2, 0) is 25.5 Å². The second-order valence-electron chi connectivity index (χ2n) is 10.1. The Morgan fingerprint density at radius 2 is 1.61 bits per heavy atom. The van der Waals surface area contributed by atoms with E-state index in [0.717, 1.165) is 5.56 Å². The molecule has 10 heteroatoms. The fraction of sp³-hybridized carbons (Fsp3) is 0.615. The summed E-state index contributed by atoms with van der Waals surface area (Å²) < 4.78 is 4.36. The largest absolute Gasteiger partial charge is 0.480 e.